The Balaban J connectivity index is 1.75. The number of aldehydes is 1. The average molecular weight is 515 g/mol. The molecule has 0 aliphatic rings. The maximum absolute atomic E-state index is 13.8. The molecule has 0 radical (unpaired) electrons. The van der Waals surface area contributed by atoms with Crippen molar-refractivity contribution < 1.29 is 23.5 Å². The van der Waals surface area contributed by atoms with Gasteiger partial charge in [0, 0.05) is 30.8 Å². The number of carbonyl (C=O) groups excluding carboxylic acids is 2. The molecule has 1 aromatic heterocycles. The summed E-state index contributed by atoms with van der Waals surface area (Å²) >= 11 is 0. The van der Waals surface area contributed by atoms with Crippen LogP contribution in [-0.2, 0) is 11.3 Å². The van der Waals surface area contributed by atoms with Gasteiger partial charge in [0.2, 0.25) is 0 Å². The first-order valence-electron chi connectivity index (χ1n) is 12.5. The van der Waals surface area contributed by atoms with Crippen LogP contribution in [0, 0.1) is 5.82 Å². The van der Waals surface area contributed by atoms with Crippen LogP contribution in [0.3, 0.4) is 0 Å². The average Bonchev–Trinajstić information content (AvgIpc) is 3.29. The Morgan fingerprint density at radius 3 is 2.18 bits per heavy atom. The van der Waals surface area contributed by atoms with E-state index in [0.29, 0.717) is 41.3 Å². The molecule has 0 fully saturated rings. The standard InChI is InChI=1S/C31H31FN2O4/c1-21(2)34-27(20-35)28(24-11-13-25(32)14-12-24)29(23-7-5-4-6-8-23)30(34)31(36)33-19-22-9-15-26(16-10-22)38-18-17-37-3/h4-16,20-21H,17-19H2,1-3H3,(H,33,36). The van der Waals surface area contributed by atoms with Gasteiger partial charge in [-0.25, -0.2) is 4.39 Å². The van der Waals surface area contributed by atoms with Crippen molar-refractivity contribution in [3.8, 4) is 28.0 Å². The predicted octanol–water partition coefficient (Wildman–Crippen LogP) is 6.31. The fourth-order valence-corrected chi connectivity index (χ4v) is 4.49. The second kappa shape index (κ2) is 12.3. The van der Waals surface area contributed by atoms with Crippen molar-refractivity contribution in [2.24, 2.45) is 0 Å². The summed E-state index contributed by atoms with van der Waals surface area (Å²) in [7, 11) is 1.62. The van der Waals surface area contributed by atoms with Gasteiger partial charge in [0.15, 0.2) is 6.29 Å². The molecule has 0 aliphatic heterocycles. The van der Waals surface area contributed by atoms with Crippen molar-refractivity contribution in [3.05, 3.63) is 102 Å². The molecule has 3 aromatic carbocycles. The zero-order valence-electron chi connectivity index (χ0n) is 21.7. The van der Waals surface area contributed by atoms with Crippen LogP contribution in [0.25, 0.3) is 22.3 Å². The van der Waals surface area contributed by atoms with Crippen LogP contribution in [-0.4, -0.2) is 37.1 Å². The molecule has 0 saturated carbocycles. The van der Waals surface area contributed by atoms with Gasteiger partial charge in [-0.1, -0.05) is 54.6 Å². The maximum atomic E-state index is 13.8. The van der Waals surface area contributed by atoms with E-state index in [1.165, 1.54) is 12.1 Å². The number of ether oxygens (including phenoxy) is 2. The lowest BCUT2D eigenvalue weighted by Crippen LogP contribution is -2.27. The normalized spacial score (nSPS) is 11.0. The zero-order valence-corrected chi connectivity index (χ0v) is 21.7. The molecule has 1 N–H and O–H groups in total. The van der Waals surface area contributed by atoms with Gasteiger partial charge in [-0.15, -0.1) is 0 Å². The van der Waals surface area contributed by atoms with Crippen LogP contribution >= 0.6 is 0 Å². The number of hydrogen-bond donors (Lipinski definition) is 1. The number of rotatable bonds is 11. The minimum Gasteiger partial charge on any atom is -0.491 e. The molecule has 0 saturated heterocycles. The van der Waals surface area contributed by atoms with E-state index in [2.05, 4.69) is 5.32 Å². The molecule has 196 valence electrons. The quantitative estimate of drug-likeness (QED) is 0.188. The number of methoxy groups -OCH3 is 1. The van der Waals surface area contributed by atoms with Crippen LogP contribution in [0.2, 0.25) is 0 Å². The lowest BCUT2D eigenvalue weighted by atomic mass is 9.94. The maximum Gasteiger partial charge on any atom is 0.268 e. The molecule has 1 heterocycles. The van der Waals surface area contributed by atoms with Crippen molar-refractivity contribution in [1.29, 1.82) is 0 Å². The number of aromatic nitrogens is 1. The van der Waals surface area contributed by atoms with Crippen LogP contribution < -0.4 is 10.1 Å². The Morgan fingerprint density at radius 1 is 0.921 bits per heavy atom. The number of amides is 1. The van der Waals surface area contributed by atoms with E-state index in [0.717, 1.165) is 23.2 Å². The summed E-state index contributed by atoms with van der Waals surface area (Å²) in [4.78, 5) is 26.3. The third kappa shape index (κ3) is 5.84. The van der Waals surface area contributed by atoms with Gasteiger partial charge >= 0.3 is 0 Å². The van der Waals surface area contributed by atoms with E-state index in [1.807, 2.05) is 68.4 Å². The smallest absolute Gasteiger partial charge is 0.268 e. The summed E-state index contributed by atoms with van der Waals surface area (Å²) in [5.41, 5.74) is 4.33. The summed E-state index contributed by atoms with van der Waals surface area (Å²) in [5, 5.41) is 3.02. The van der Waals surface area contributed by atoms with Crippen LogP contribution in [0.5, 0.6) is 5.75 Å². The number of nitrogens with zero attached hydrogens (tertiary/aromatic N) is 1. The summed E-state index contributed by atoms with van der Waals surface area (Å²) in [6, 6.07) is 22.7. The lowest BCUT2D eigenvalue weighted by Gasteiger charge is -2.16. The molecule has 7 heteroatoms. The molecule has 4 rings (SSSR count). The van der Waals surface area contributed by atoms with Crippen LogP contribution in [0.4, 0.5) is 4.39 Å². The summed E-state index contributed by atoms with van der Waals surface area (Å²) in [6.45, 7) is 5.10. The highest BCUT2D eigenvalue weighted by Crippen LogP contribution is 2.41. The molecule has 0 bridgehead atoms. The minimum absolute atomic E-state index is 0.184. The molecule has 4 aromatic rings. The number of carbonyl (C=O) groups is 2. The lowest BCUT2D eigenvalue weighted by molar-refractivity contribution is 0.0940. The molecular formula is C31H31FN2O4. The van der Waals surface area contributed by atoms with Gasteiger partial charge in [0.1, 0.15) is 23.9 Å². The Bertz CT molecular complexity index is 1380. The fourth-order valence-electron chi connectivity index (χ4n) is 4.49. The third-order valence-corrected chi connectivity index (χ3v) is 6.21. The highest BCUT2D eigenvalue weighted by Gasteiger charge is 2.29. The molecule has 6 nitrogen and oxygen atoms in total. The fraction of sp³-hybridized carbons (Fsp3) is 0.226. The molecule has 0 spiro atoms. The van der Waals surface area contributed by atoms with Gasteiger partial charge in [-0.3, -0.25) is 9.59 Å². The van der Waals surface area contributed by atoms with E-state index >= 15 is 0 Å². The summed E-state index contributed by atoms with van der Waals surface area (Å²) in [6.07, 6.45) is 0.768. The largest absolute Gasteiger partial charge is 0.491 e. The van der Waals surface area contributed by atoms with Gasteiger partial charge in [0.05, 0.1) is 12.3 Å². The summed E-state index contributed by atoms with van der Waals surface area (Å²) < 4.78 is 26.1. The number of halogens is 1. The van der Waals surface area contributed by atoms with E-state index in [-0.39, 0.29) is 24.3 Å². The van der Waals surface area contributed by atoms with E-state index in [1.54, 1.807) is 23.8 Å². The van der Waals surface area contributed by atoms with E-state index < -0.39 is 0 Å². The molecule has 38 heavy (non-hydrogen) atoms. The van der Waals surface area contributed by atoms with Crippen LogP contribution in [0.1, 0.15) is 46.4 Å². The second-order valence-corrected chi connectivity index (χ2v) is 9.11. The SMILES string of the molecule is COCCOc1ccc(CNC(=O)c2c(-c3ccccc3)c(-c3ccc(F)cc3)c(C=O)n2C(C)C)cc1. The monoisotopic (exact) mass is 514 g/mol. The first-order chi connectivity index (χ1) is 18.4. The van der Waals surface area contributed by atoms with Gasteiger partial charge in [0.25, 0.3) is 5.91 Å². The highest BCUT2D eigenvalue weighted by atomic mass is 19.1. The van der Waals surface area contributed by atoms with Crippen molar-refractivity contribution in [2.75, 3.05) is 20.3 Å². The van der Waals surface area contributed by atoms with E-state index in [9.17, 15) is 14.0 Å². The van der Waals surface area contributed by atoms with Crippen molar-refractivity contribution in [3.63, 3.8) is 0 Å². The van der Waals surface area contributed by atoms with Crippen molar-refractivity contribution in [1.82, 2.24) is 9.88 Å². The summed E-state index contributed by atoms with van der Waals surface area (Å²) in [5.74, 6) is 0.0326. The zero-order chi connectivity index (χ0) is 27.1. The number of benzene rings is 3. The molecule has 0 unspecified atom stereocenters. The highest BCUT2D eigenvalue weighted by molar-refractivity contribution is 6.08. The van der Waals surface area contributed by atoms with E-state index in [4.69, 9.17) is 9.47 Å². The van der Waals surface area contributed by atoms with Crippen molar-refractivity contribution >= 4 is 12.2 Å². The van der Waals surface area contributed by atoms with Gasteiger partial charge in [-0.2, -0.15) is 0 Å². The van der Waals surface area contributed by atoms with Crippen molar-refractivity contribution in [2.45, 2.75) is 26.4 Å². The van der Waals surface area contributed by atoms with Gasteiger partial charge in [-0.05, 0) is 54.8 Å². The van der Waals surface area contributed by atoms with Gasteiger partial charge < -0.3 is 19.4 Å². The first-order valence-corrected chi connectivity index (χ1v) is 12.5. The Labute approximate surface area is 222 Å². The third-order valence-electron chi connectivity index (χ3n) is 6.21. The molecule has 0 atom stereocenters. The van der Waals surface area contributed by atoms with Crippen LogP contribution in [0.15, 0.2) is 78.9 Å². The minimum atomic E-state index is -0.376. The Hall–Kier alpha value is -4.23. The number of nitrogens with one attached hydrogen (secondary N) is 1. The molecule has 1 amide bonds. The predicted molar refractivity (Wildman–Crippen MR) is 146 cm³/mol. The first kappa shape index (κ1) is 26.8. The second-order valence-electron chi connectivity index (χ2n) is 9.11. The molecular weight excluding hydrogens is 483 g/mol. The Morgan fingerprint density at radius 2 is 1.58 bits per heavy atom. The Kier molecular flexibility index (Phi) is 8.71. The number of hydrogen-bond acceptors (Lipinski definition) is 4. The topological polar surface area (TPSA) is 69.6 Å². The molecule has 0 aliphatic carbocycles.